The molecule has 20 heavy (non-hydrogen) atoms. The number of benzene rings is 1. The molecule has 1 aliphatic rings. The van der Waals surface area contributed by atoms with Gasteiger partial charge in [-0.05, 0) is 24.5 Å². The van der Waals surface area contributed by atoms with E-state index in [4.69, 9.17) is 5.73 Å². The molecule has 0 aliphatic carbocycles. The summed E-state index contributed by atoms with van der Waals surface area (Å²) >= 11 is 0. The number of likely N-dealkylation sites (N-methyl/N-ethyl adjacent to an activating group) is 1. The minimum absolute atomic E-state index is 0.0912. The van der Waals surface area contributed by atoms with E-state index in [1.54, 1.807) is 7.05 Å². The first kappa shape index (κ1) is 14.8. The number of nitrogens with zero attached hydrogens (tertiary/aromatic N) is 1. The molecule has 5 nitrogen and oxygen atoms in total. The average Bonchev–Trinajstić information content (AvgIpc) is 2.48. The van der Waals surface area contributed by atoms with E-state index in [0.717, 1.165) is 43.7 Å². The summed E-state index contributed by atoms with van der Waals surface area (Å²) in [6, 6.07) is 8.47. The molecule has 0 saturated carbocycles. The second-order valence-corrected chi connectivity index (χ2v) is 5.30. The molecule has 2 rings (SSSR count). The number of rotatable bonds is 5. The number of nitrogen functional groups attached to an aromatic ring is 1. The molecule has 1 fully saturated rings. The van der Waals surface area contributed by atoms with Crippen molar-refractivity contribution in [2.24, 2.45) is 0 Å². The second kappa shape index (κ2) is 7.26. The lowest BCUT2D eigenvalue weighted by Gasteiger charge is -2.32. The van der Waals surface area contributed by atoms with Gasteiger partial charge in [-0.15, -0.1) is 0 Å². The number of hydrogen-bond donors (Lipinski definition) is 3. The van der Waals surface area contributed by atoms with Gasteiger partial charge >= 0.3 is 0 Å². The quantitative estimate of drug-likeness (QED) is 0.688. The van der Waals surface area contributed by atoms with E-state index in [2.05, 4.69) is 21.6 Å². The molecule has 5 heteroatoms. The third kappa shape index (κ3) is 4.21. The molecule has 4 N–H and O–H groups in total. The summed E-state index contributed by atoms with van der Waals surface area (Å²) in [6.07, 6.45) is 2.15. The minimum Gasteiger partial charge on any atom is -0.398 e. The molecular formula is C15H24N4O. The third-order valence-electron chi connectivity index (χ3n) is 3.87. The number of carbonyl (C=O) groups is 1. The van der Waals surface area contributed by atoms with E-state index in [1.165, 1.54) is 0 Å². The number of piperidine rings is 1. The average molecular weight is 276 g/mol. The fraction of sp³-hybridized carbons (Fsp3) is 0.533. The van der Waals surface area contributed by atoms with Crippen molar-refractivity contribution in [3.63, 3.8) is 0 Å². The molecular weight excluding hydrogens is 252 g/mol. The highest BCUT2D eigenvalue weighted by atomic mass is 16.1. The van der Waals surface area contributed by atoms with Crippen LogP contribution in [-0.4, -0.2) is 43.5 Å². The number of nitrogens with one attached hydrogen (secondary N) is 2. The first-order valence-electron chi connectivity index (χ1n) is 7.18. The molecule has 1 amide bonds. The van der Waals surface area contributed by atoms with Gasteiger partial charge in [-0.1, -0.05) is 18.2 Å². The van der Waals surface area contributed by atoms with Crippen LogP contribution in [0.1, 0.15) is 18.4 Å². The van der Waals surface area contributed by atoms with Crippen LogP contribution in [0.2, 0.25) is 0 Å². The van der Waals surface area contributed by atoms with Gasteiger partial charge in [-0.25, -0.2) is 0 Å². The van der Waals surface area contributed by atoms with Gasteiger partial charge < -0.3 is 16.4 Å². The molecule has 0 spiro atoms. The topological polar surface area (TPSA) is 70.4 Å². The van der Waals surface area contributed by atoms with Crippen LogP contribution >= 0.6 is 0 Å². The summed E-state index contributed by atoms with van der Waals surface area (Å²) < 4.78 is 0. The predicted octanol–water partition coefficient (Wildman–Crippen LogP) is 0.569. The molecule has 0 unspecified atom stereocenters. The van der Waals surface area contributed by atoms with Crippen molar-refractivity contribution in [3.05, 3.63) is 29.8 Å². The summed E-state index contributed by atoms with van der Waals surface area (Å²) in [5, 5.41) is 6.23. The molecule has 0 aromatic heterocycles. The van der Waals surface area contributed by atoms with Crippen LogP contribution in [0.4, 0.5) is 5.69 Å². The maximum atomic E-state index is 11.3. The number of para-hydroxylation sites is 1. The Hall–Kier alpha value is -1.59. The van der Waals surface area contributed by atoms with Gasteiger partial charge in [0.25, 0.3) is 0 Å². The Morgan fingerprint density at radius 1 is 1.35 bits per heavy atom. The summed E-state index contributed by atoms with van der Waals surface area (Å²) in [5.41, 5.74) is 7.93. The summed E-state index contributed by atoms with van der Waals surface area (Å²) in [6.45, 7) is 3.26. The van der Waals surface area contributed by atoms with Crippen molar-refractivity contribution in [3.8, 4) is 0 Å². The standard InChI is InChI=1S/C15H24N4O/c1-17-15(20)11-19-8-6-13(7-9-19)18-10-12-4-2-3-5-14(12)16/h2-5,13,18H,6-11,16H2,1H3,(H,17,20). The van der Waals surface area contributed by atoms with Gasteiger partial charge in [-0.2, -0.15) is 0 Å². The number of anilines is 1. The van der Waals surface area contributed by atoms with Crippen LogP contribution < -0.4 is 16.4 Å². The maximum Gasteiger partial charge on any atom is 0.233 e. The number of hydrogen-bond acceptors (Lipinski definition) is 4. The number of amides is 1. The third-order valence-corrected chi connectivity index (χ3v) is 3.87. The summed E-state index contributed by atoms with van der Waals surface area (Å²) in [4.78, 5) is 13.5. The van der Waals surface area contributed by atoms with Crippen LogP contribution in [0, 0.1) is 0 Å². The molecule has 1 aliphatic heterocycles. The monoisotopic (exact) mass is 276 g/mol. The second-order valence-electron chi connectivity index (χ2n) is 5.30. The van der Waals surface area contributed by atoms with E-state index < -0.39 is 0 Å². The van der Waals surface area contributed by atoms with Crippen LogP contribution in [0.15, 0.2) is 24.3 Å². The molecule has 1 aromatic carbocycles. The first-order valence-corrected chi connectivity index (χ1v) is 7.18. The lowest BCUT2D eigenvalue weighted by atomic mass is 10.0. The van der Waals surface area contributed by atoms with Gasteiger partial charge in [-0.3, -0.25) is 9.69 Å². The van der Waals surface area contributed by atoms with Gasteiger partial charge in [0.1, 0.15) is 0 Å². The molecule has 0 radical (unpaired) electrons. The van der Waals surface area contributed by atoms with E-state index in [0.29, 0.717) is 12.6 Å². The molecule has 0 atom stereocenters. The minimum atomic E-state index is 0.0912. The van der Waals surface area contributed by atoms with E-state index in [-0.39, 0.29) is 5.91 Å². The van der Waals surface area contributed by atoms with Gasteiger partial charge in [0.15, 0.2) is 0 Å². The van der Waals surface area contributed by atoms with Crippen molar-refractivity contribution in [1.29, 1.82) is 0 Å². The van der Waals surface area contributed by atoms with Crippen molar-refractivity contribution in [2.45, 2.75) is 25.4 Å². The number of likely N-dealkylation sites (tertiary alicyclic amines) is 1. The summed E-state index contributed by atoms with van der Waals surface area (Å²) in [5.74, 6) is 0.0912. The Balaban J connectivity index is 1.72. The molecule has 1 saturated heterocycles. The van der Waals surface area contributed by atoms with Crippen LogP contribution in [0.25, 0.3) is 0 Å². The molecule has 1 aromatic rings. The predicted molar refractivity (Wildman–Crippen MR) is 81.2 cm³/mol. The van der Waals surface area contributed by atoms with E-state index in [9.17, 15) is 4.79 Å². The van der Waals surface area contributed by atoms with Gasteiger partial charge in [0, 0.05) is 38.4 Å². The SMILES string of the molecule is CNC(=O)CN1CCC(NCc2ccccc2N)CC1. The van der Waals surface area contributed by atoms with Crippen LogP contribution in [0.3, 0.4) is 0 Å². The fourth-order valence-electron chi connectivity index (χ4n) is 2.53. The summed E-state index contributed by atoms with van der Waals surface area (Å²) in [7, 11) is 1.68. The Morgan fingerprint density at radius 2 is 2.05 bits per heavy atom. The molecule has 0 bridgehead atoms. The Kier molecular flexibility index (Phi) is 5.38. The van der Waals surface area contributed by atoms with Crippen molar-refractivity contribution in [2.75, 3.05) is 32.4 Å². The Morgan fingerprint density at radius 3 is 2.70 bits per heavy atom. The first-order chi connectivity index (χ1) is 9.69. The zero-order valence-electron chi connectivity index (χ0n) is 12.1. The lowest BCUT2D eigenvalue weighted by molar-refractivity contribution is -0.122. The highest BCUT2D eigenvalue weighted by molar-refractivity contribution is 5.77. The fourth-order valence-corrected chi connectivity index (χ4v) is 2.53. The highest BCUT2D eigenvalue weighted by Crippen LogP contribution is 2.13. The van der Waals surface area contributed by atoms with Crippen molar-refractivity contribution in [1.82, 2.24) is 15.5 Å². The number of nitrogens with two attached hydrogens (primary N) is 1. The maximum absolute atomic E-state index is 11.3. The normalized spacial score (nSPS) is 17.1. The van der Waals surface area contributed by atoms with Crippen LogP contribution in [0.5, 0.6) is 0 Å². The van der Waals surface area contributed by atoms with Gasteiger partial charge in [0.05, 0.1) is 6.54 Å². The smallest absolute Gasteiger partial charge is 0.233 e. The lowest BCUT2D eigenvalue weighted by Crippen LogP contribution is -2.45. The number of carbonyl (C=O) groups excluding carboxylic acids is 1. The van der Waals surface area contributed by atoms with E-state index in [1.807, 2.05) is 18.2 Å². The zero-order valence-corrected chi connectivity index (χ0v) is 12.1. The molecule has 110 valence electrons. The van der Waals surface area contributed by atoms with Crippen LogP contribution in [-0.2, 0) is 11.3 Å². The molecule has 1 heterocycles. The largest absolute Gasteiger partial charge is 0.398 e. The Labute approximate surface area is 120 Å². The van der Waals surface area contributed by atoms with Crippen molar-refractivity contribution < 1.29 is 4.79 Å². The Bertz CT molecular complexity index is 441. The van der Waals surface area contributed by atoms with E-state index >= 15 is 0 Å². The van der Waals surface area contributed by atoms with Crippen molar-refractivity contribution >= 4 is 11.6 Å². The van der Waals surface area contributed by atoms with Gasteiger partial charge in [0.2, 0.25) is 5.91 Å². The zero-order chi connectivity index (χ0) is 14.4. The highest BCUT2D eigenvalue weighted by Gasteiger charge is 2.20.